The van der Waals surface area contributed by atoms with Crippen LogP contribution in [-0.2, 0) is 14.3 Å². The van der Waals surface area contributed by atoms with Crippen LogP contribution in [-0.4, -0.2) is 37.7 Å². The average molecular weight is 424 g/mol. The van der Waals surface area contributed by atoms with Gasteiger partial charge in [-0.1, -0.05) is 43.3 Å². The largest absolute Gasteiger partial charge is 0.490 e. The third kappa shape index (κ3) is 6.60. The molecule has 2 aromatic carbocycles. The fourth-order valence-corrected chi connectivity index (χ4v) is 3.31. The Bertz CT molecular complexity index is 909. The van der Waals surface area contributed by atoms with Gasteiger partial charge in [0, 0.05) is 25.0 Å². The predicted molar refractivity (Wildman–Crippen MR) is 119 cm³/mol. The maximum absolute atomic E-state index is 12.4. The highest BCUT2D eigenvalue weighted by Crippen LogP contribution is 2.30. The molecular formula is C25H29NO5. The van der Waals surface area contributed by atoms with Crippen LogP contribution in [0, 0.1) is 0 Å². The van der Waals surface area contributed by atoms with E-state index in [2.05, 4.69) is 12.2 Å². The second kappa shape index (κ2) is 11.2. The van der Waals surface area contributed by atoms with Gasteiger partial charge in [-0.2, -0.15) is 0 Å². The van der Waals surface area contributed by atoms with Crippen LogP contribution in [0.4, 0.5) is 0 Å². The van der Waals surface area contributed by atoms with Gasteiger partial charge in [0.05, 0.1) is 13.2 Å². The molecule has 1 heterocycles. The second-order valence-electron chi connectivity index (χ2n) is 7.43. The van der Waals surface area contributed by atoms with Gasteiger partial charge in [0.1, 0.15) is 0 Å². The van der Waals surface area contributed by atoms with Crippen LogP contribution in [0.5, 0.6) is 11.5 Å². The van der Waals surface area contributed by atoms with Gasteiger partial charge in [-0.05, 0) is 42.7 Å². The summed E-state index contributed by atoms with van der Waals surface area (Å²) in [6.07, 6.45) is 3.79. The molecule has 164 valence electrons. The molecule has 0 aromatic heterocycles. The first kappa shape index (κ1) is 22.4. The van der Waals surface area contributed by atoms with Crippen LogP contribution in [0.3, 0.4) is 0 Å². The highest BCUT2D eigenvalue weighted by atomic mass is 16.5. The number of nitrogens with one attached hydrogen (secondary N) is 1. The Morgan fingerprint density at radius 1 is 1.10 bits per heavy atom. The predicted octanol–water partition coefficient (Wildman–Crippen LogP) is 4.10. The molecule has 0 aliphatic carbocycles. The maximum atomic E-state index is 12.4. The SMILES string of the molecule is CC[C@H](CNC(=O)[C@@H](C)OC(=O)/C=C/c1ccc2c(c1)OCCCO2)c1ccccc1. The van der Waals surface area contributed by atoms with E-state index in [1.807, 2.05) is 48.5 Å². The first-order chi connectivity index (χ1) is 15.1. The summed E-state index contributed by atoms with van der Waals surface area (Å²) >= 11 is 0. The van der Waals surface area contributed by atoms with Gasteiger partial charge >= 0.3 is 5.97 Å². The standard InChI is InChI=1S/C25H29NO5/c1-3-20(21-8-5-4-6-9-21)17-26-25(28)18(2)31-24(27)13-11-19-10-12-22-23(16-19)30-15-7-14-29-22/h4-6,8-13,16,18,20H,3,7,14-15,17H2,1-2H3,(H,26,28)/b13-11+/t18-,20-/m1/s1. The third-order valence-electron chi connectivity index (χ3n) is 5.13. The Balaban J connectivity index is 1.49. The van der Waals surface area contributed by atoms with Crippen molar-refractivity contribution in [1.29, 1.82) is 0 Å². The number of rotatable bonds is 8. The zero-order chi connectivity index (χ0) is 22.1. The molecule has 0 spiro atoms. The molecule has 1 N–H and O–H groups in total. The molecule has 3 rings (SSSR count). The summed E-state index contributed by atoms with van der Waals surface area (Å²) in [7, 11) is 0. The summed E-state index contributed by atoms with van der Waals surface area (Å²) in [5.74, 6) is 0.678. The van der Waals surface area contributed by atoms with Crippen molar-refractivity contribution >= 4 is 18.0 Å². The van der Waals surface area contributed by atoms with E-state index in [0.29, 0.717) is 31.3 Å². The monoisotopic (exact) mass is 423 g/mol. The van der Waals surface area contributed by atoms with E-state index in [1.54, 1.807) is 13.0 Å². The quantitative estimate of drug-likeness (QED) is 0.511. The van der Waals surface area contributed by atoms with Crippen molar-refractivity contribution in [3.05, 3.63) is 65.7 Å². The average Bonchev–Trinajstić information content (AvgIpc) is 3.03. The van der Waals surface area contributed by atoms with Crippen LogP contribution in [0.1, 0.15) is 43.7 Å². The number of carbonyl (C=O) groups excluding carboxylic acids is 2. The van der Waals surface area contributed by atoms with E-state index >= 15 is 0 Å². The Kier molecular flexibility index (Phi) is 8.10. The van der Waals surface area contributed by atoms with Gasteiger partial charge in [-0.15, -0.1) is 0 Å². The molecule has 0 bridgehead atoms. The normalized spacial score (nSPS) is 15.0. The number of ether oxygens (including phenoxy) is 3. The van der Waals surface area contributed by atoms with Gasteiger partial charge in [-0.3, -0.25) is 4.79 Å². The minimum atomic E-state index is -0.880. The fourth-order valence-electron chi connectivity index (χ4n) is 3.31. The van der Waals surface area contributed by atoms with Crippen molar-refractivity contribution in [2.75, 3.05) is 19.8 Å². The molecule has 0 saturated heterocycles. The van der Waals surface area contributed by atoms with Crippen LogP contribution in [0.25, 0.3) is 6.08 Å². The minimum absolute atomic E-state index is 0.215. The van der Waals surface area contributed by atoms with E-state index < -0.39 is 12.1 Å². The van der Waals surface area contributed by atoms with Gasteiger partial charge in [0.2, 0.25) is 0 Å². The zero-order valence-corrected chi connectivity index (χ0v) is 18.0. The van der Waals surface area contributed by atoms with E-state index in [4.69, 9.17) is 14.2 Å². The van der Waals surface area contributed by atoms with Gasteiger partial charge in [0.15, 0.2) is 17.6 Å². The molecule has 0 radical (unpaired) electrons. The lowest BCUT2D eigenvalue weighted by atomic mass is 9.96. The van der Waals surface area contributed by atoms with Gasteiger partial charge < -0.3 is 19.5 Å². The molecule has 31 heavy (non-hydrogen) atoms. The van der Waals surface area contributed by atoms with E-state index in [-0.39, 0.29) is 11.8 Å². The fraction of sp³-hybridized carbons (Fsp3) is 0.360. The van der Waals surface area contributed by atoms with E-state index in [9.17, 15) is 9.59 Å². The van der Waals surface area contributed by atoms with Gasteiger partial charge in [-0.25, -0.2) is 4.79 Å². The lowest BCUT2D eigenvalue weighted by Gasteiger charge is -2.18. The molecule has 2 aromatic rings. The summed E-state index contributed by atoms with van der Waals surface area (Å²) in [5, 5.41) is 2.88. The smallest absolute Gasteiger partial charge is 0.331 e. The number of esters is 1. The zero-order valence-electron chi connectivity index (χ0n) is 18.0. The van der Waals surface area contributed by atoms with E-state index in [0.717, 1.165) is 18.4 Å². The Hall–Kier alpha value is -3.28. The number of hydrogen-bond acceptors (Lipinski definition) is 5. The summed E-state index contributed by atoms with van der Waals surface area (Å²) < 4.78 is 16.5. The van der Waals surface area contributed by atoms with Gasteiger partial charge in [0.25, 0.3) is 5.91 Å². The topological polar surface area (TPSA) is 73.9 Å². The summed E-state index contributed by atoms with van der Waals surface area (Å²) in [4.78, 5) is 24.5. The van der Waals surface area contributed by atoms with Crippen LogP contribution >= 0.6 is 0 Å². The first-order valence-electron chi connectivity index (χ1n) is 10.7. The third-order valence-corrected chi connectivity index (χ3v) is 5.13. The van der Waals surface area contributed by atoms with E-state index in [1.165, 1.54) is 11.6 Å². The Morgan fingerprint density at radius 3 is 2.58 bits per heavy atom. The molecule has 1 aliphatic rings. The lowest BCUT2D eigenvalue weighted by Crippen LogP contribution is -2.37. The molecule has 0 saturated carbocycles. The van der Waals surface area contributed by atoms with Crippen LogP contribution < -0.4 is 14.8 Å². The van der Waals surface area contributed by atoms with Crippen molar-refractivity contribution in [3.8, 4) is 11.5 Å². The highest BCUT2D eigenvalue weighted by molar-refractivity contribution is 5.90. The van der Waals surface area contributed by atoms with Crippen molar-refractivity contribution in [2.24, 2.45) is 0 Å². The molecule has 1 aliphatic heterocycles. The van der Waals surface area contributed by atoms with Crippen molar-refractivity contribution < 1.29 is 23.8 Å². The number of fused-ring (bicyclic) bond motifs is 1. The molecule has 6 heteroatoms. The number of hydrogen-bond donors (Lipinski definition) is 1. The molecule has 1 amide bonds. The molecule has 0 fully saturated rings. The lowest BCUT2D eigenvalue weighted by molar-refractivity contribution is -0.150. The number of benzene rings is 2. The molecule has 0 unspecified atom stereocenters. The van der Waals surface area contributed by atoms with Crippen molar-refractivity contribution in [1.82, 2.24) is 5.32 Å². The summed E-state index contributed by atoms with van der Waals surface area (Å²) in [6, 6.07) is 15.5. The summed E-state index contributed by atoms with van der Waals surface area (Å²) in [6.45, 7) is 5.36. The minimum Gasteiger partial charge on any atom is -0.490 e. The molecule has 6 nitrogen and oxygen atoms in total. The first-order valence-corrected chi connectivity index (χ1v) is 10.7. The van der Waals surface area contributed by atoms with Crippen LogP contribution in [0.2, 0.25) is 0 Å². The summed E-state index contributed by atoms with van der Waals surface area (Å²) in [5.41, 5.74) is 1.96. The van der Waals surface area contributed by atoms with Crippen molar-refractivity contribution in [3.63, 3.8) is 0 Å². The molecular weight excluding hydrogens is 394 g/mol. The number of carbonyl (C=O) groups is 2. The number of amides is 1. The second-order valence-corrected chi connectivity index (χ2v) is 7.43. The maximum Gasteiger partial charge on any atom is 0.331 e. The Labute approximate surface area is 183 Å². The highest BCUT2D eigenvalue weighted by Gasteiger charge is 2.18. The molecule has 2 atom stereocenters. The van der Waals surface area contributed by atoms with Crippen LogP contribution in [0.15, 0.2) is 54.6 Å². The van der Waals surface area contributed by atoms with Crippen molar-refractivity contribution in [2.45, 2.75) is 38.7 Å². The Morgan fingerprint density at radius 2 is 1.84 bits per heavy atom.